The summed E-state index contributed by atoms with van der Waals surface area (Å²) in [5.74, 6) is -0.977. The third kappa shape index (κ3) is 3.19. The zero-order chi connectivity index (χ0) is 16.4. The van der Waals surface area contributed by atoms with Crippen molar-refractivity contribution >= 4 is 17.3 Å². The van der Waals surface area contributed by atoms with Crippen LogP contribution in [0.25, 0.3) is 0 Å². The summed E-state index contributed by atoms with van der Waals surface area (Å²) in [6.45, 7) is 4.14. The highest BCUT2D eigenvalue weighted by Crippen LogP contribution is 2.28. The molecule has 0 amide bonds. The Balaban J connectivity index is 1.82. The smallest absolute Gasteiger partial charge is 0.337 e. The minimum absolute atomic E-state index is 0.200. The van der Waals surface area contributed by atoms with Crippen molar-refractivity contribution in [2.24, 2.45) is 0 Å². The van der Waals surface area contributed by atoms with Gasteiger partial charge < -0.3 is 15.3 Å². The molecule has 7 heteroatoms. The number of piperidine rings is 1. The first-order chi connectivity index (χ1) is 11.1. The Kier molecular flexibility index (Phi) is 4.29. The van der Waals surface area contributed by atoms with Crippen LogP contribution < -0.4 is 5.32 Å². The Labute approximate surface area is 134 Å². The summed E-state index contributed by atoms with van der Waals surface area (Å²) < 4.78 is 2.05. The third-order valence-electron chi connectivity index (χ3n) is 4.40. The van der Waals surface area contributed by atoms with Gasteiger partial charge in [-0.2, -0.15) is 5.10 Å². The molecule has 0 aliphatic carbocycles. The van der Waals surface area contributed by atoms with Crippen molar-refractivity contribution in [3.8, 4) is 0 Å². The van der Waals surface area contributed by atoms with E-state index in [4.69, 9.17) is 0 Å². The number of carboxylic acid groups (broad SMARTS) is 1. The maximum absolute atomic E-state index is 11.3. The van der Waals surface area contributed by atoms with Gasteiger partial charge in [0.1, 0.15) is 0 Å². The van der Waals surface area contributed by atoms with Gasteiger partial charge in [-0.25, -0.2) is 4.79 Å². The molecule has 0 radical (unpaired) electrons. The Bertz CT molecular complexity index is 704. The van der Waals surface area contributed by atoms with Crippen molar-refractivity contribution in [3.63, 3.8) is 0 Å². The maximum Gasteiger partial charge on any atom is 0.337 e. The molecule has 0 atom stereocenters. The highest BCUT2D eigenvalue weighted by Gasteiger charge is 2.21. The van der Waals surface area contributed by atoms with Crippen LogP contribution in [0.15, 0.2) is 24.7 Å². The quantitative estimate of drug-likeness (QED) is 0.901. The molecule has 1 fully saturated rings. The van der Waals surface area contributed by atoms with Gasteiger partial charge in [0, 0.05) is 6.20 Å². The number of nitrogens with one attached hydrogen (secondary N) is 1. The van der Waals surface area contributed by atoms with Crippen LogP contribution in [0.3, 0.4) is 0 Å². The molecule has 0 saturated carbocycles. The van der Waals surface area contributed by atoms with Gasteiger partial charge in [0.2, 0.25) is 0 Å². The van der Waals surface area contributed by atoms with Crippen molar-refractivity contribution in [3.05, 3.63) is 35.9 Å². The number of carbonyl (C=O) groups is 1. The van der Waals surface area contributed by atoms with E-state index in [-0.39, 0.29) is 5.56 Å². The lowest BCUT2D eigenvalue weighted by atomic mass is 10.1. The van der Waals surface area contributed by atoms with Gasteiger partial charge >= 0.3 is 5.97 Å². The third-order valence-corrected chi connectivity index (χ3v) is 4.40. The van der Waals surface area contributed by atoms with Crippen LogP contribution in [0.1, 0.15) is 34.9 Å². The van der Waals surface area contributed by atoms with Crippen LogP contribution in [0.2, 0.25) is 0 Å². The van der Waals surface area contributed by atoms with E-state index in [0.717, 1.165) is 37.3 Å². The number of likely N-dealkylation sites (tertiary alicyclic amines) is 1. The van der Waals surface area contributed by atoms with Gasteiger partial charge in [-0.05, 0) is 46.0 Å². The number of pyridine rings is 1. The molecule has 2 N–H and O–H groups in total. The van der Waals surface area contributed by atoms with Crippen molar-refractivity contribution < 1.29 is 9.90 Å². The highest BCUT2D eigenvalue weighted by atomic mass is 16.4. The average molecular weight is 315 g/mol. The van der Waals surface area contributed by atoms with Gasteiger partial charge in [-0.15, -0.1) is 0 Å². The molecule has 2 aromatic heterocycles. The Morgan fingerprint density at radius 2 is 2.04 bits per heavy atom. The van der Waals surface area contributed by atoms with Gasteiger partial charge in [0.05, 0.1) is 41.1 Å². The number of rotatable bonds is 4. The zero-order valence-electron chi connectivity index (χ0n) is 13.4. The SMILES string of the molecule is Cc1c(Nc2cnccc2C(=O)O)cnn1C1CCN(C)CC1. The Hall–Kier alpha value is -2.41. The monoisotopic (exact) mass is 315 g/mol. The van der Waals surface area contributed by atoms with Crippen molar-refractivity contribution in [2.45, 2.75) is 25.8 Å². The van der Waals surface area contributed by atoms with Gasteiger partial charge in [0.25, 0.3) is 0 Å². The number of aromatic nitrogens is 3. The van der Waals surface area contributed by atoms with Crippen LogP contribution in [0.5, 0.6) is 0 Å². The number of carboxylic acids is 1. The predicted octanol–water partition coefficient (Wildman–Crippen LogP) is 2.30. The summed E-state index contributed by atoms with van der Waals surface area (Å²) >= 11 is 0. The second-order valence-corrected chi connectivity index (χ2v) is 5.97. The first-order valence-corrected chi connectivity index (χ1v) is 7.73. The van der Waals surface area contributed by atoms with E-state index >= 15 is 0 Å². The molecular weight excluding hydrogens is 294 g/mol. The molecule has 0 unspecified atom stereocenters. The summed E-state index contributed by atoms with van der Waals surface area (Å²) in [4.78, 5) is 17.6. The van der Waals surface area contributed by atoms with Crippen LogP contribution >= 0.6 is 0 Å². The fourth-order valence-electron chi connectivity index (χ4n) is 2.98. The standard InChI is InChI=1S/C16H21N5O2/c1-11-14(19-15-9-17-6-3-13(15)16(22)23)10-18-21(11)12-4-7-20(2)8-5-12/h3,6,9-10,12,19H,4-5,7-8H2,1-2H3,(H,22,23). The minimum atomic E-state index is -0.977. The molecule has 122 valence electrons. The van der Waals surface area contributed by atoms with E-state index in [1.807, 2.05) is 11.6 Å². The van der Waals surface area contributed by atoms with E-state index in [0.29, 0.717) is 11.7 Å². The average Bonchev–Trinajstić information content (AvgIpc) is 2.90. The lowest BCUT2D eigenvalue weighted by Crippen LogP contribution is -2.32. The lowest BCUT2D eigenvalue weighted by molar-refractivity contribution is 0.0698. The van der Waals surface area contributed by atoms with E-state index in [2.05, 4.69) is 27.3 Å². The number of anilines is 2. The van der Waals surface area contributed by atoms with E-state index < -0.39 is 5.97 Å². The summed E-state index contributed by atoms with van der Waals surface area (Å²) in [6, 6.07) is 1.89. The lowest BCUT2D eigenvalue weighted by Gasteiger charge is -2.29. The van der Waals surface area contributed by atoms with Crippen LogP contribution in [0.4, 0.5) is 11.4 Å². The molecule has 3 rings (SSSR count). The van der Waals surface area contributed by atoms with Gasteiger partial charge in [-0.3, -0.25) is 9.67 Å². The first kappa shape index (κ1) is 15.5. The predicted molar refractivity (Wildman–Crippen MR) is 87.2 cm³/mol. The molecule has 0 bridgehead atoms. The molecule has 2 aromatic rings. The molecule has 3 heterocycles. The van der Waals surface area contributed by atoms with Crippen molar-refractivity contribution in [1.29, 1.82) is 0 Å². The van der Waals surface area contributed by atoms with Gasteiger partial charge in [0.15, 0.2) is 0 Å². The minimum Gasteiger partial charge on any atom is -0.478 e. The molecule has 0 spiro atoms. The summed E-state index contributed by atoms with van der Waals surface area (Å²) in [6.07, 6.45) is 6.91. The van der Waals surface area contributed by atoms with E-state index in [1.54, 1.807) is 6.20 Å². The summed E-state index contributed by atoms with van der Waals surface area (Å²) in [7, 11) is 2.13. The molecular formula is C16H21N5O2. The Morgan fingerprint density at radius 1 is 1.30 bits per heavy atom. The Morgan fingerprint density at radius 3 is 2.74 bits per heavy atom. The number of aromatic carboxylic acids is 1. The highest BCUT2D eigenvalue weighted by molar-refractivity contribution is 5.94. The van der Waals surface area contributed by atoms with E-state index in [9.17, 15) is 9.90 Å². The molecule has 1 aliphatic heterocycles. The fraction of sp³-hybridized carbons (Fsp3) is 0.438. The molecule has 7 nitrogen and oxygen atoms in total. The molecule has 1 aliphatic rings. The van der Waals surface area contributed by atoms with Gasteiger partial charge in [-0.1, -0.05) is 0 Å². The molecule has 1 saturated heterocycles. The van der Waals surface area contributed by atoms with E-state index in [1.165, 1.54) is 18.5 Å². The maximum atomic E-state index is 11.3. The van der Waals surface area contributed by atoms with Crippen LogP contribution in [0, 0.1) is 6.92 Å². The van der Waals surface area contributed by atoms with Crippen LogP contribution in [-0.2, 0) is 0 Å². The fourth-order valence-corrected chi connectivity index (χ4v) is 2.98. The number of hydrogen-bond acceptors (Lipinski definition) is 5. The largest absolute Gasteiger partial charge is 0.478 e. The second-order valence-electron chi connectivity index (χ2n) is 5.97. The topological polar surface area (TPSA) is 83.3 Å². The normalized spacial score (nSPS) is 16.4. The zero-order valence-corrected chi connectivity index (χ0v) is 13.4. The first-order valence-electron chi connectivity index (χ1n) is 7.73. The van der Waals surface area contributed by atoms with Crippen LogP contribution in [-0.4, -0.2) is 50.9 Å². The molecule has 0 aromatic carbocycles. The second kappa shape index (κ2) is 6.37. The number of nitrogens with zero attached hydrogens (tertiary/aromatic N) is 4. The number of hydrogen-bond donors (Lipinski definition) is 2. The summed E-state index contributed by atoms with van der Waals surface area (Å²) in [5, 5.41) is 16.9. The summed E-state index contributed by atoms with van der Waals surface area (Å²) in [5.41, 5.74) is 2.51. The molecule has 23 heavy (non-hydrogen) atoms. The van der Waals surface area contributed by atoms with Crippen molar-refractivity contribution in [1.82, 2.24) is 19.7 Å². The van der Waals surface area contributed by atoms with Crippen molar-refractivity contribution in [2.75, 3.05) is 25.5 Å².